The minimum absolute atomic E-state index is 0.924. The summed E-state index contributed by atoms with van der Waals surface area (Å²) in [5.41, 5.74) is 9.84. The minimum atomic E-state index is 0.924. The summed E-state index contributed by atoms with van der Waals surface area (Å²) in [6, 6.07) is 67.3. The molecule has 0 unspecified atom stereocenters. The second kappa shape index (κ2) is 11.5. The van der Waals surface area contributed by atoms with E-state index >= 15 is 0 Å². The summed E-state index contributed by atoms with van der Waals surface area (Å²) < 4.78 is 6.75. The largest absolute Gasteiger partial charge is 0.455 e. The lowest BCUT2D eigenvalue weighted by Gasteiger charge is -2.27. The lowest BCUT2D eigenvalue weighted by molar-refractivity contribution is 0.674. The smallest absolute Gasteiger partial charge is 0.143 e. The molecule has 0 saturated carbocycles. The van der Waals surface area contributed by atoms with Gasteiger partial charge in [0.25, 0.3) is 0 Å². The van der Waals surface area contributed by atoms with Crippen molar-refractivity contribution >= 4 is 71.3 Å². The first-order chi connectivity index (χ1) is 24.8. The van der Waals surface area contributed by atoms with Crippen molar-refractivity contribution in [2.24, 2.45) is 0 Å². The van der Waals surface area contributed by atoms with Crippen molar-refractivity contribution in [1.29, 1.82) is 0 Å². The van der Waals surface area contributed by atoms with Gasteiger partial charge in [0.15, 0.2) is 0 Å². The van der Waals surface area contributed by atoms with Gasteiger partial charge >= 0.3 is 0 Å². The van der Waals surface area contributed by atoms with Crippen LogP contribution in [0.2, 0.25) is 0 Å². The number of hydrogen-bond acceptors (Lipinski definition) is 2. The van der Waals surface area contributed by atoms with Gasteiger partial charge in [-0.3, -0.25) is 0 Å². The molecule has 10 aromatic rings. The summed E-state index contributed by atoms with van der Waals surface area (Å²) in [5, 5.41) is 9.51. The number of para-hydroxylation sites is 2. The van der Waals surface area contributed by atoms with Gasteiger partial charge < -0.3 is 9.32 Å². The Balaban J connectivity index is 1.16. The molecule has 0 atom stereocenters. The van der Waals surface area contributed by atoms with Crippen LogP contribution >= 0.6 is 0 Å². The van der Waals surface area contributed by atoms with Crippen LogP contribution in [0.4, 0.5) is 17.1 Å². The maximum absolute atomic E-state index is 6.75. The van der Waals surface area contributed by atoms with Crippen LogP contribution in [-0.4, -0.2) is 0 Å². The van der Waals surface area contributed by atoms with E-state index in [2.05, 4.69) is 193 Å². The molecule has 10 rings (SSSR count). The third kappa shape index (κ3) is 4.50. The number of rotatable bonds is 5. The van der Waals surface area contributed by atoms with Crippen molar-refractivity contribution in [3.63, 3.8) is 0 Å². The highest BCUT2D eigenvalue weighted by Gasteiger charge is 2.20. The van der Waals surface area contributed by atoms with Crippen LogP contribution < -0.4 is 4.90 Å². The van der Waals surface area contributed by atoms with E-state index in [1.165, 1.54) is 32.5 Å². The molecule has 0 spiro atoms. The normalized spacial score (nSPS) is 11.6. The van der Waals surface area contributed by atoms with Crippen molar-refractivity contribution in [2.75, 3.05) is 4.90 Å². The standard InChI is InChI=1S/C48H31NO/c1-3-14-32(15-4-1)38-24-13-25-43-45-31-44(40-21-10-12-23-42(40)48(45)50-47(38)43)33-26-28-36(29-27-33)49(35-17-5-2-6-18-35)46-30-34-16-7-8-19-37(34)39-20-9-11-22-41(39)46/h1-31H. The SMILES string of the molecule is c1ccc(-c2cccc3c2oc2c4ccccc4c(-c4ccc(N(c5ccccc5)c5cc6ccccc6c6ccccc56)cc4)cc32)cc1. The molecule has 1 heterocycles. The van der Waals surface area contributed by atoms with Crippen molar-refractivity contribution < 1.29 is 4.42 Å². The minimum Gasteiger partial charge on any atom is -0.455 e. The molecule has 0 saturated heterocycles. The molecule has 50 heavy (non-hydrogen) atoms. The first kappa shape index (κ1) is 28.4. The van der Waals surface area contributed by atoms with E-state index in [4.69, 9.17) is 4.42 Å². The Labute approximate surface area is 290 Å². The number of nitrogens with zero attached hydrogens (tertiary/aromatic N) is 1. The molecule has 2 nitrogen and oxygen atoms in total. The van der Waals surface area contributed by atoms with Gasteiger partial charge in [-0.25, -0.2) is 0 Å². The molecule has 2 heteroatoms. The highest BCUT2D eigenvalue weighted by Crippen LogP contribution is 2.45. The number of benzene rings is 9. The van der Waals surface area contributed by atoms with Crippen LogP contribution in [0.1, 0.15) is 0 Å². The van der Waals surface area contributed by atoms with E-state index in [9.17, 15) is 0 Å². The van der Waals surface area contributed by atoms with E-state index in [0.29, 0.717) is 0 Å². The van der Waals surface area contributed by atoms with Gasteiger partial charge in [0.05, 0.1) is 5.69 Å². The molecule has 0 radical (unpaired) electrons. The molecule has 9 aromatic carbocycles. The maximum atomic E-state index is 6.75. The van der Waals surface area contributed by atoms with E-state index < -0.39 is 0 Å². The third-order valence-electron chi connectivity index (χ3n) is 10.0. The van der Waals surface area contributed by atoms with E-state index in [0.717, 1.165) is 61.1 Å². The Morgan fingerprint density at radius 2 is 0.880 bits per heavy atom. The topological polar surface area (TPSA) is 16.4 Å². The van der Waals surface area contributed by atoms with Crippen LogP contribution in [-0.2, 0) is 0 Å². The molecular weight excluding hydrogens is 607 g/mol. The Bertz CT molecular complexity index is 2850. The zero-order valence-electron chi connectivity index (χ0n) is 27.3. The monoisotopic (exact) mass is 637 g/mol. The molecule has 0 amide bonds. The summed E-state index contributed by atoms with van der Waals surface area (Å²) in [7, 11) is 0. The highest BCUT2D eigenvalue weighted by atomic mass is 16.3. The summed E-state index contributed by atoms with van der Waals surface area (Å²) >= 11 is 0. The second-order valence-corrected chi connectivity index (χ2v) is 12.9. The molecule has 0 aliphatic carbocycles. The number of anilines is 3. The fourth-order valence-corrected chi connectivity index (χ4v) is 7.72. The van der Waals surface area contributed by atoms with Crippen LogP contribution in [0.3, 0.4) is 0 Å². The molecule has 0 N–H and O–H groups in total. The fraction of sp³-hybridized carbons (Fsp3) is 0. The second-order valence-electron chi connectivity index (χ2n) is 12.9. The van der Waals surface area contributed by atoms with Crippen LogP contribution in [0.25, 0.3) is 76.5 Å². The van der Waals surface area contributed by atoms with Crippen LogP contribution in [0, 0.1) is 0 Å². The van der Waals surface area contributed by atoms with E-state index in [-0.39, 0.29) is 0 Å². The Kier molecular flexibility index (Phi) is 6.53. The van der Waals surface area contributed by atoms with Crippen LogP contribution in [0.15, 0.2) is 192 Å². The molecule has 234 valence electrons. The average molecular weight is 638 g/mol. The average Bonchev–Trinajstić information content (AvgIpc) is 3.58. The molecular formula is C48H31NO. The van der Waals surface area contributed by atoms with Gasteiger partial charge in [0.2, 0.25) is 0 Å². The summed E-state index contributed by atoms with van der Waals surface area (Å²) in [5.74, 6) is 0. The number of fused-ring (bicyclic) bond motifs is 8. The van der Waals surface area contributed by atoms with Gasteiger partial charge in [-0.05, 0) is 74.6 Å². The number of furan rings is 1. The zero-order chi connectivity index (χ0) is 33.0. The summed E-state index contributed by atoms with van der Waals surface area (Å²) in [4.78, 5) is 2.38. The first-order valence-electron chi connectivity index (χ1n) is 17.1. The Morgan fingerprint density at radius 3 is 1.66 bits per heavy atom. The summed E-state index contributed by atoms with van der Waals surface area (Å²) in [6.45, 7) is 0. The zero-order valence-corrected chi connectivity index (χ0v) is 27.3. The van der Waals surface area contributed by atoms with Gasteiger partial charge in [-0.1, -0.05) is 152 Å². The Morgan fingerprint density at radius 1 is 0.320 bits per heavy atom. The van der Waals surface area contributed by atoms with Crippen molar-refractivity contribution in [1.82, 2.24) is 0 Å². The fourth-order valence-electron chi connectivity index (χ4n) is 7.72. The lowest BCUT2D eigenvalue weighted by Crippen LogP contribution is -2.10. The van der Waals surface area contributed by atoms with Gasteiger partial charge in [0.1, 0.15) is 11.2 Å². The molecule has 0 bridgehead atoms. The van der Waals surface area contributed by atoms with Gasteiger partial charge in [-0.2, -0.15) is 0 Å². The van der Waals surface area contributed by atoms with Crippen LogP contribution in [0.5, 0.6) is 0 Å². The number of hydrogen-bond donors (Lipinski definition) is 0. The van der Waals surface area contributed by atoms with Crippen molar-refractivity contribution in [2.45, 2.75) is 0 Å². The molecule has 0 aliphatic heterocycles. The quantitative estimate of drug-likeness (QED) is 0.175. The lowest BCUT2D eigenvalue weighted by atomic mass is 9.94. The van der Waals surface area contributed by atoms with E-state index in [1.54, 1.807) is 0 Å². The van der Waals surface area contributed by atoms with Gasteiger partial charge in [0, 0.05) is 38.5 Å². The molecule has 0 aliphatic rings. The third-order valence-corrected chi connectivity index (χ3v) is 10.0. The van der Waals surface area contributed by atoms with Crippen molar-refractivity contribution in [3.8, 4) is 22.3 Å². The molecule has 1 aromatic heterocycles. The van der Waals surface area contributed by atoms with Gasteiger partial charge in [-0.15, -0.1) is 0 Å². The van der Waals surface area contributed by atoms with Crippen molar-refractivity contribution in [3.05, 3.63) is 188 Å². The first-order valence-corrected chi connectivity index (χ1v) is 17.1. The van der Waals surface area contributed by atoms with E-state index in [1.807, 2.05) is 0 Å². The maximum Gasteiger partial charge on any atom is 0.143 e. The Hall–Kier alpha value is -6.64. The predicted octanol–water partition coefficient (Wildman–Crippen LogP) is 13.8. The predicted molar refractivity (Wildman–Crippen MR) is 212 cm³/mol. The highest BCUT2D eigenvalue weighted by molar-refractivity contribution is 6.21. The summed E-state index contributed by atoms with van der Waals surface area (Å²) in [6.07, 6.45) is 0. The molecule has 0 fully saturated rings.